The van der Waals surface area contributed by atoms with Crippen molar-refractivity contribution in [3.63, 3.8) is 0 Å². The maximum absolute atomic E-state index is 13.2. The zero-order valence-electron chi connectivity index (χ0n) is 22.6. The number of hydrogen-bond acceptors (Lipinski definition) is 8. The number of rotatable bonds is 7. The number of aliphatic hydroxyl groups is 1. The molecule has 0 spiro atoms. The highest BCUT2D eigenvalue weighted by Gasteiger charge is 2.37. The maximum Gasteiger partial charge on any atom is 0.278 e. The van der Waals surface area contributed by atoms with Crippen molar-refractivity contribution in [1.82, 2.24) is 29.2 Å². The Labute approximate surface area is 227 Å². The number of fused-ring (bicyclic) bond motifs is 4. The van der Waals surface area contributed by atoms with Gasteiger partial charge in [-0.05, 0) is 70.1 Å². The second-order valence-corrected chi connectivity index (χ2v) is 11.0. The SMILES string of the molecule is C=CCn1c(=O)c2cnc(Nc3ccc(N4CC5CCC4CN5C)cc3)nc2n1-c1cccc(C(C)(C)O)n1. The monoisotopic (exact) mass is 526 g/mol. The Morgan fingerprint density at radius 2 is 1.87 bits per heavy atom. The molecule has 10 nitrogen and oxygen atoms in total. The van der Waals surface area contributed by atoms with Crippen molar-refractivity contribution in [1.29, 1.82) is 0 Å². The van der Waals surface area contributed by atoms with Gasteiger partial charge >= 0.3 is 0 Å². The third-order valence-corrected chi connectivity index (χ3v) is 7.81. The molecule has 6 heterocycles. The number of piperidine rings is 2. The standard InChI is InChI=1S/C29H34N8O2/c1-5-15-36-27(38)23-16-30-28(33-26(23)37(36)25-8-6-7-24(32-25)29(2,3)39)31-19-9-11-20(12-10-19)35-18-21-13-14-22(35)17-34(21)4/h5-12,16,21-22,39H,1,13-15,17-18H2,2-4H3,(H,30,31,33). The topological polar surface area (TPSA) is 104 Å². The summed E-state index contributed by atoms with van der Waals surface area (Å²) < 4.78 is 3.18. The summed E-state index contributed by atoms with van der Waals surface area (Å²) in [5, 5.41) is 14.2. The van der Waals surface area contributed by atoms with Crippen LogP contribution in [-0.4, -0.2) is 66.5 Å². The highest BCUT2D eigenvalue weighted by atomic mass is 16.3. The summed E-state index contributed by atoms with van der Waals surface area (Å²) in [6.07, 6.45) is 5.70. The van der Waals surface area contributed by atoms with Gasteiger partial charge in [0.2, 0.25) is 5.95 Å². The molecule has 0 amide bonds. The van der Waals surface area contributed by atoms with Crippen molar-refractivity contribution in [2.75, 3.05) is 30.4 Å². The van der Waals surface area contributed by atoms with Crippen molar-refractivity contribution in [3.8, 4) is 5.82 Å². The molecule has 2 atom stereocenters. The fourth-order valence-electron chi connectivity index (χ4n) is 5.71. The first-order valence-electron chi connectivity index (χ1n) is 13.4. The smallest absolute Gasteiger partial charge is 0.278 e. The number of nitrogens with one attached hydrogen (secondary N) is 1. The van der Waals surface area contributed by atoms with Gasteiger partial charge in [0.15, 0.2) is 11.5 Å². The summed E-state index contributed by atoms with van der Waals surface area (Å²) in [5.74, 6) is 0.844. The number of allylic oxidation sites excluding steroid dienone is 1. The van der Waals surface area contributed by atoms with Gasteiger partial charge in [0.1, 0.15) is 11.0 Å². The maximum atomic E-state index is 13.2. The zero-order chi connectivity index (χ0) is 27.3. The number of benzene rings is 1. The minimum Gasteiger partial charge on any atom is -0.384 e. The van der Waals surface area contributed by atoms with Gasteiger partial charge in [-0.3, -0.25) is 9.69 Å². The highest BCUT2D eigenvalue weighted by Crippen LogP contribution is 2.32. The first-order valence-corrected chi connectivity index (χ1v) is 13.4. The van der Waals surface area contributed by atoms with E-state index in [1.165, 1.54) is 29.4 Å². The fraction of sp³-hybridized carbons (Fsp3) is 0.379. The van der Waals surface area contributed by atoms with E-state index in [2.05, 4.69) is 50.8 Å². The molecule has 3 saturated heterocycles. The quantitative estimate of drug-likeness (QED) is 0.353. The Kier molecular flexibility index (Phi) is 6.23. The number of hydrogen-bond donors (Lipinski definition) is 2. The number of likely N-dealkylation sites (N-methyl/N-ethyl adjacent to an activating group) is 1. The van der Waals surface area contributed by atoms with Crippen molar-refractivity contribution in [2.45, 2.75) is 50.9 Å². The molecule has 3 fully saturated rings. The second kappa shape index (κ2) is 9.62. The summed E-state index contributed by atoms with van der Waals surface area (Å²) in [6, 6.07) is 14.9. The van der Waals surface area contributed by atoms with Gasteiger partial charge in [-0.1, -0.05) is 12.1 Å². The highest BCUT2D eigenvalue weighted by molar-refractivity contribution is 5.77. The van der Waals surface area contributed by atoms with Gasteiger partial charge in [-0.25, -0.2) is 19.3 Å². The van der Waals surface area contributed by atoms with Crippen LogP contribution >= 0.6 is 0 Å². The van der Waals surface area contributed by atoms with Crippen LogP contribution in [0.5, 0.6) is 0 Å². The molecular formula is C29H34N8O2. The summed E-state index contributed by atoms with van der Waals surface area (Å²) in [4.78, 5) is 32.0. The van der Waals surface area contributed by atoms with Gasteiger partial charge < -0.3 is 15.3 Å². The molecule has 0 saturated carbocycles. The van der Waals surface area contributed by atoms with Gasteiger partial charge in [-0.2, -0.15) is 4.98 Å². The number of aromatic nitrogens is 5. The lowest BCUT2D eigenvalue weighted by Gasteiger charge is -2.51. The molecule has 2 N–H and O–H groups in total. The van der Waals surface area contributed by atoms with Crippen LogP contribution in [0.2, 0.25) is 0 Å². The third-order valence-electron chi connectivity index (χ3n) is 7.81. The van der Waals surface area contributed by atoms with Gasteiger partial charge in [-0.15, -0.1) is 6.58 Å². The zero-order valence-corrected chi connectivity index (χ0v) is 22.6. The molecule has 10 heteroatoms. The van der Waals surface area contributed by atoms with Crippen LogP contribution in [0.15, 0.2) is 66.1 Å². The lowest BCUT2D eigenvalue weighted by molar-refractivity contribution is 0.0738. The van der Waals surface area contributed by atoms with Gasteiger partial charge in [0, 0.05) is 42.7 Å². The lowest BCUT2D eigenvalue weighted by atomic mass is 9.91. The number of nitrogens with zero attached hydrogens (tertiary/aromatic N) is 7. The lowest BCUT2D eigenvalue weighted by Crippen LogP contribution is -2.61. The first kappa shape index (κ1) is 25.3. The fourth-order valence-corrected chi connectivity index (χ4v) is 5.71. The van der Waals surface area contributed by atoms with E-state index in [0.717, 1.165) is 18.8 Å². The Balaban J connectivity index is 1.33. The minimum atomic E-state index is -1.14. The van der Waals surface area contributed by atoms with Crippen LogP contribution < -0.4 is 15.8 Å². The van der Waals surface area contributed by atoms with Crippen LogP contribution in [0, 0.1) is 0 Å². The summed E-state index contributed by atoms with van der Waals surface area (Å²) in [6.45, 7) is 9.59. The van der Waals surface area contributed by atoms with Crippen LogP contribution in [-0.2, 0) is 12.1 Å². The number of pyridine rings is 1. The number of piperazine rings is 1. The summed E-state index contributed by atoms with van der Waals surface area (Å²) in [5.41, 5.74) is 1.62. The molecule has 4 aromatic rings. The normalized spacial score (nSPS) is 19.5. The van der Waals surface area contributed by atoms with E-state index in [-0.39, 0.29) is 12.1 Å². The third kappa shape index (κ3) is 4.59. The molecule has 3 aromatic heterocycles. The van der Waals surface area contributed by atoms with E-state index in [4.69, 9.17) is 4.98 Å². The van der Waals surface area contributed by atoms with Crippen molar-refractivity contribution in [2.24, 2.45) is 0 Å². The Bertz CT molecular complexity index is 1580. The predicted molar refractivity (Wildman–Crippen MR) is 153 cm³/mol. The average Bonchev–Trinajstić information content (AvgIpc) is 3.20. The van der Waals surface area contributed by atoms with E-state index >= 15 is 0 Å². The van der Waals surface area contributed by atoms with Crippen LogP contribution in [0.4, 0.5) is 17.3 Å². The van der Waals surface area contributed by atoms with Crippen LogP contribution in [0.1, 0.15) is 32.4 Å². The Morgan fingerprint density at radius 3 is 2.54 bits per heavy atom. The average molecular weight is 527 g/mol. The van der Waals surface area contributed by atoms with E-state index in [1.54, 1.807) is 42.8 Å². The van der Waals surface area contributed by atoms with Crippen molar-refractivity contribution >= 4 is 28.4 Å². The van der Waals surface area contributed by atoms with Crippen molar-refractivity contribution in [3.05, 3.63) is 77.4 Å². The van der Waals surface area contributed by atoms with Gasteiger partial charge in [0.25, 0.3) is 5.56 Å². The predicted octanol–water partition coefficient (Wildman–Crippen LogP) is 3.42. The molecule has 0 aliphatic carbocycles. The van der Waals surface area contributed by atoms with Crippen LogP contribution in [0.3, 0.4) is 0 Å². The largest absolute Gasteiger partial charge is 0.384 e. The van der Waals surface area contributed by atoms with E-state index in [0.29, 0.717) is 40.6 Å². The molecule has 0 radical (unpaired) electrons. The van der Waals surface area contributed by atoms with E-state index in [1.807, 2.05) is 12.1 Å². The molecule has 3 aliphatic heterocycles. The Hall–Kier alpha value is -4.02. The first-order chi connectivity index (χ1) is 18.7. The molecule has 202 valence electrons. The summed E-state index contributed by atoms with van der Waals surface area (Å²) >= 11 is 0. The molecule has 2 unspecified atom stereocenters. The molecule has 2 bridgehead atoms. The molecular weight excluding hydrogens is 492 g/mol. The van der Waals surface area contributed by atoms with E-state index in [9.17, 15) is 9.90 Å². The summed E-state index contributed by atoms with van der Waals surface area (Å²) in [7, 11) is 2.23. The molecule has 3 aliphatic rings. The molecule has 7 rings (SSSR count). The molecule has 1 aromatic carbocycles. The van der Waals surface area contributed by atoms with E-state index < -0.39 is 5.60 Å². The number of anilines is 3. The van der Waals surface area contributed by atoms with Crippen LogP contribution in [0.25, 0.3) is 16.9 Å². The van der Waals surface area contributed by atoms with Gasteiger partial charge in [0.05, 0.1) is 12.2 Å². The Morgan fingerprint density at radius 1 is 1.10 bits per heavy atom. The minimum absolute atomic E-state index is 0.238. The molecule has 39 heavy (non-hydrogen) atoms. The van der Waals surface area contributed by atoms with Crippen molar-refractivity contribution < 1.29 is 5.11 Å². The second-order valence-electron chi connectivity index (χ2n) is 11.0.